The summed E-state index contributed by atoms with van der Waals surface area (Å²) in [7, 11) is 0. The van der Waals surface area contributed by atoms with Gasteiger partial charge in [-0.2, -0.15) is 0 Å². The minimum Gasteiger partial charge on any atom is -0.484 e. The van der Waals surface area contributed by atoms with Crippen LogP contribution >= 0.6 is 0 Å². The maximum Gasteiger partial charge on any atom is 0.335 e. The number of nitrogens with zero attached hydrogens (tertiary/aromatic N) is 1. The molecule has 2 aromatic carbocycles. The third-order valence-corrected chi connectivity index (χ3v) is 4.64. The van der Waals surface area contributed by atoms with Crippen LogP contribution in [0, 0.1) is 0 Å². The second-order valence-corrected chi connectivity index (χ2v) is 6.76. The summed E-state index contributed by atoms with van der Waals surface area (Å²) in [4.78, 5) is 36.9. The third-order valence-electron chi connectivity index (χ3n) is 4.64. The van der Waals surface area contributed by atoms with E-state index in [1.807, 2.05) is 18.2 Å². The fraction of sp³-hybridized carbons (Fsp3) is 0.286. The molecule has 0 saturated carbocycles. The Bertz CT molecular complexity index is 854. The largest absolute Gasteiger partial charge is 0.484 e. The van der Waals surface area contributed by atoms with Gasteiger partial charge in [-0.3, -0.25) is 4.79 Å². The first-order valence-electron chi connectivity index (χ1n) is 9.33. The SMILES string of the molecule is O=C(NCc1ccc(C(=O)O)cc1)NC1CCN(C(=O)COc2ccccc2)C1. The van der Waals surface area contributed by atoms with Crippen LogP contribution < -0.4 is 15.4 Å². The number of hydrogen-bond acceptors (Lipinski definition) is 4. The summed E-state index contributed by atoms with van der Waals surface area (Å²) in [5.74, 6) is -0.459. The fourth-order valence-electron chi connectivity index (χ4n) is 3.04. The highest BCUT2D eigenvalue weighted by Crippen LogP contribution is 2.12. The van der Waals surface area contributed by atoms with Crippen LogP contribution in [0.3, 0.4) is 0 Å². The van der Waals surface area contributed by atoms with E-state index in [9.17, 15) is 14.4 Å². The van der Waals surface area contributed by atoms with Crippen molar-refractivity contribution in [3.63, 3.8) is 0 Å². The van der Waals surface area contributed by atoms with Crippen molar-refractivity contribution >= 4 is 17.9 Å². The summed E-state index contributed by atoms with van der Waals surface area (Å²) in [6.45, 7) is 1.26. The van der Waals surface area contributed by atoms with E-state index in [1.165, 1.54) is 12.1 Å². The molecular weight excluding hydrogens is 374 g/mol. The lowest BCUT2D eigenvalue weighted by atomic mass is 10.1. The van der Waals surface area contributed by atoms with Crippen LogP contribution in [0.5, 0.6) is 5.75 Å². The predicted octanol–water partition coefficient (Wildman–Crippen LogP) is 1.86. The van der Waals surface area contributed by atoms with Gasteiger partial charge in [-0.1, -0.05) is 30.3 Å². The van der Waals surface area contributed by atoms with Crippen LogP contribution in [0.2, 0.25) is 0 Å². The molecule has 0 bridgehead atoms. The summed E-state index contributed by atoms with van der Waals surface area (Å²) in [6, 6.07) is 15.0. The van der Waals surface area contributed by atoms with Crippen molar-refractivity contribution in [3.8, 4) is 5.75 Å². The minimum absolute atomic E-state index is 0.0325. The maximum absolute atomic E-state index is 12.3. The number of likely N-dealkylation sites (tertiary alicyclic amines) is 1. The molecule has 0 aromatic heterocycles. The summed E-state index contributed by atoms with van der Waals surface area (Å²) in [5.41, 5.74) is 0.997. The Morgan fingerprint density at radius 1 is 1.07 bits per heavy atom. The number of carboxylic acid groups (broad SMARTS) is 1. The van der Waals surface area contributed by atoms with E-state index in [0.717, 1.165) is 5.56 Å². The van der Waals surface area contributed by atoms with E-state index < -0.39 is 5.97 Å². The second-order valence-electron chi connectivity index (χ2n) is 6.76. The molecule has 1 aliphatic rings. The quantitative estimate of drug-likeness (QED) is 0.661. The zero-order valence-corrected chi connectivity index (χ0v) is 15.8. The average Bonchev–Trinajstić information content (AvgIpc) is 3.20. The van der Waals surface area contributed by atoms with Crippen LogP contribution in [0.1, 0.15) is 22.3 Å². The summed E-state index contributed by atoms with van der Waals surface area (Å²) < 4.78 is 5.48. The maximum atomic E-state index is 12.3. The fourth-order valence-corrected chi connectivity index (χ4v) is 3.04. The molecule has 3 rings (SSSR count). The van der Waals surface area contributed by atoms with Gasteiger partial charge in [0.25, 0.3) is 5.91 Å². The zero-order valence-electron chi connectivity index (χ0n) is 15.8. The number of carboxylic acids is 1. The van der Waals surface area contributed by atoms with E-state index in [1.54, 1.807) is 29.2 Å². The number of carbonyl (C=O) groups excluding carboxylic acids is 2. The normalized spacial score (nSPS) is 15.6. The topological polar surface area (TPSA) is 108 Å². The highest BCUT2D eigenvalue weighted by molar-refractivity contribution is 5.87. The van der Waals surface area contributed by atoms with Gasteiger partial charge in [-0.15, -0.1) is 0 Å². The lowest BCUT2D eigenvalue weighted by molar-refractivity contribution is -0.132. The van der Waals surface area contributed by atoms with Crippen molar-refractivity contribution < 1.29 is 24.2 Å². The Balaban J connectivity index is 1.38. The first-order chi connectivity index (χ1) is 14.0. The number of aromatic carboxylic acids is 1. The summed E-state index contributed by atoms with van der Waals surface area (Å²) >= 11 is 0. The van der Waals surface area contributed by atoms with Crippen molar-refractivity contribution in [2.75, 3.05) is 19.7 Å². The van der Waals surface area contributed by atoms with Gasteiger partial charge in [0.1, 0.15) is 5.75 Å². The first kappa shape index (κ1) is 20.2. The minimum atomic E-state index is -0.989. The lowest BCUT2D eigenvalue weighted by Crippen LogP contribution is -2.44. The standard InChI is InChI=1S/C21H23N3O5/c25-19(14-29-18-4-2-1-3-5-18)24-11-10-17(13-24)23-21(28)22-12-15-6-8-16(9-7-15)20(26)27/h1-9,17H,10-14H2,(H,26,27)(H2,22,23,28). The predicted molar refractivity (Wildman–Crippen MR) is 106 cm³/mol. The molecule has 1 aliphatic heterocycles. The number of benzene rings is 2. The Morgan fingerprint density at radius 2 is 1.79 bits per heavy atom. The molecule has 1 saturated heterocycles. The zero-order chi connectivity index (χ0) is 20.6. The number of rotatable bonds is 7. The molecule has 1 unspecified atom stereocenters. The lowest BCUT2D eigenvalue weighted by Gasteiger charge is -2.17. The molecule has 0 radical (unpaired) electrons. The Morgan fingerprint density at radius 3 is 2.48 bits per heavy atom. The highest BCUT2D eigenvalue weighted by atomic mass is 16.5. The number of amides is 3. The number of urea groups is 1. The van der Waals surface area contributed by atoms with Gasteiger partial charge in [-0.25, -0.2) is 9.59 Å². The molecule has 1 fully saturated rings. The van der Waals surface area contributed by atoms with E-state index in [-0.39, 0.29) is 36.7 Å². The molecule has 0 aliphatic carbocycles. The van der Waals surface area contributed by atoms with Gasteiger partial charge in [0.2, 0.25) is 0 Å². The number of hydrogen-bond donors (Lipinski definition) is 3. The third kappa shape index (κ3) is 5.97. The molecule has 1 heterocycles. The Kier molecular flexibility index (Phi) is 6.67. The van der Waals surface area contributed by atoms with Gasteiger partial charge in [0.15, 0.2) is 6.61 Å². The molecule has 2 aromatic rings. The van der Waals surface area contributed by atoms with E-state index in [0.29, 0.717) is 25.3 Å². The molecule has 29 heavy (non-hydrogen) atoms. The van der Waals surface area contributed by atoms with Crippen molar-refractivity contribution in [3.05, 3.63) is 65.7 Å². The second kappa shape index (κ2) is 9.59. The molecule has 3 amide bonds. The molecule has 0 spiro atoms. The Hall–Kier alpha value is -3.55. The smallest absolute Gasteiger partial charge is 0.335 e. The summed E-state index contributed by atoms with van der Waals surface area (Å²) in [5, 5.41) is 14.5. The highest BCUT2D eigenvalue weighted by Gasteiger charge is 2.27. The molecule has 152 valence electrons. The van der Waals surface area contributed by atoms with Gasteiger partial charge >= 0.3 is 12.0 Å². The number of para-hydroxylation sites is 1. The van der Waals surface area contributed by atoms with E-state index in [2.05, 4.69) is 10.6 Å². The average molecular weight is 397 g/mol. The van der Waals surface area contributed by atoms with Gasteiger partial charge in [0.05, 0.1) is 5.56 Å². The molecule has 8 heteroatoms. The van der Waals surface area contributed by atoms with Crippen molar-refractivity contribution in [2.24, 2.45) is 0 Å². The number of nitrogens with one attached hydrogen (secondary N) is 2. The Labute approximate surface area is 168 Å². The van der Waals surface area contributed by atoms with Crippen molar-refractivity contribution in [1.29, 1.82) is 0 Å². The molecular formula is C21H23N3O5. The van der Waals surface area contributed by atoms with E-state index >= 15 is 0 Å². The van der Waals surface area contributed by atoms with Crippen LogP contribution in [0.4, 0.5) is 4.79 Å². The van der Waals surface area contributed by atoms with Crippen molar-refractivity contribution in [2.45, 2.75) is 19.0 Å². The van der Waals surface area contributed by atoms with Crippen LogP contribution in [0.25, 0.3) is 0 Å². The number of ether oxygens (including phenoxy) is 1. The van der Waals surface area contributed by atoms with Crippen LogP contribution in [-0.4, -0.2) is 53.7 Å². The first-order valence-corrected chi connectivity index (χ1v) is 9.33. The van der Waals surface area contributed by atoms with Gasteiger partial charge < -0.3 is 25.4 Å². The molecule has 8 nitrogen and oxygen atoms in total. The number of carbonyl (C=O) groups is 3. The van der Waals surface area contributed by atoms with E-state index in [4.69, 9.17) is 9.84 Å². The van der Waals surface area contributed by atoms with Gasteiger partial charge in [-0.05, 0) is 36.2 Å². The molecule has 3 N–H and O–H groups in total. The van der Waals surface area contributed by atoms with Crippen molar-refractivity contribution in [1.82, 2.24) is 15.5 Å². The van der Waals surface area contributed by atoms with Gasteiger partial charge in [0, 0.05) is 25.7 Å². The van der Waals surface area contributed by atoms with Crippen LogP contribution in [-0.2, 0) is 11.3 Å². The molecule has 1 atom stereocenters. The van der Waals surface area contributed by atoms with Crippen LogP contribution in [0.15, 0.2) is 54.6 Å². The summed E-state index contributed by atoms with van der Waals surface area (Å²) in [6.07, 6.45) is 0.678. The monoisotopic (exact) mass is 397 g/mol.